The van der Waals surface area contributed by atoms with Gasteiger partial charge in [-0.05, 0) is 6.92 Å². The van der Waals surface area contributed by atoms with Crippen LogP contribution in [0.15, 0.2) is 12.4 Å². The van der Waals surface area contributed by atoms with Gasteiger partial charge in [-0.1, -0.05) is 0 Å². The van der Waals surface area contributed by atoms with Crippen molar-refractivity contribution in [3.8, 4) is 0 Å². The standard InChI is InChI=1S/C7H15N3O3S/c1-2-9-5-6-10(4-3-8)7(9)14(11,12)13/h5-7H,2-4,8H2,1H3,(H,11,12,13). The highest BCUT2D eigenvalue weighted by Crippen LogP contribution is 2.18. The molecule has 1 rings (SSSR count). The van der Waals surface area contributed by atoms with Crippen molar-refractivity contribution in [3.63, 3.8) is 0 Å². The molecule has 0 bridgehead atoms. The lowest BCUT2D eigenvalue weighted by molar-refractivity contribution is 0.218. The zero-order valence-electron chi connectivity index (χ0n) is 8.00. The number of nitrogens with two attached hydrogens (primary N) is 1. The van der Waals surface area contributed by atoms with E-state index in [1.54, 1.807) is 12.4 Å². The predicted molar refractivity (Wildman–Crippen MR) is 52.6 cm³/mol. The van der Waals surface area contributed by atoms with Crippen molar-refractivity contribution in [3.05, 3.63) is 12.4 Å². The molecule has 0 saturated carbocycles. The van der Waals surface area contributed by atoms with Gasteiger partial charge >= 0.3 is 10.1 Å². The van der Waals surface area contributed by atoms with Crippen molar-refractivity contribution in [2.24, 2.45) is 5.73 Å². The minimum atomic E-state index is -4.10. The van der Waals surface area contributed by atoms with Crippen LogP contribution in [0.3, 0.4) is 0 Å². The van der Waals surface area contributed by atoms with E-state index in [1.807, 2.05) is 6.92 Å². The van der Waals surface area contributed by atoms with Gasteiger partial charge in [0, 0.05) is 32.0 Å². The van der Waals surface area contributed by atoms with Crippen LogP contribution < -0.4 is 5.73 Å². The summed E-state index contributed by atoms with van der Waals surface area (Å²) < 4.78 is 31.2. The highest BCUT2D eigenvalue weighted by Gasteiger charge is 2.35. The fourth-order valence-electron chi connectivity index (χ4n) is 1.45. The van der Waals surface area contributed by atoms with E-state index in [2.05, 4.69) is 0 Å². The molecule has 14 heavy (non-hydrogen) atoms. The van der Waals surface area contributed by atoms with Crippen LogP contribution in [0.5, 0.6) is 0 Å². The maximum Gasteiger partial charge on any atom is 0.306 e. The van der Waals surface area contributed by atoms with Gasteiger partial charge in [0.15, 0.2) is 0 Å². The van der Waals surface area contributed by atoms with E-state index < -0.39 is 15.6 Å². The van der Waals surface area contributed by atoms with E-state index in [1.165, 1.54) is 9.80 Å². The molecule has 1 atom stereocenters. The smallest absolute Gasteiger partial charge is 0.306 e. The van der Waals surface area contributed by atoms with Crippen LogP contribution >= 0.6 is 0 Å². The molecule has 3 N–H and O–H groups in total. The maximum absolute atomic E-state index is 11.1. The first-order valence-corrected chi connectivity index (χ1v) is 5.87. The van der Waals surface area contributed by atoms with Crippen molar-refractivity contribution >= 4 is 10.1 Å². The van der Waals surface area contributed by atoms with Crippen LogP contribution in [0, 0.1) is 0 Å². The van der Waals surface area contributed by atoms with Gasteiger partial charge in [-0.3, -0.25) is 4.55 Å². The molecule has 0 fully saturated rings. The lowest BCUT2D eigenvalue weighted by atomic mass is 10.6. The highest BCUT2D eigenvalue weighted by molar-refractivity contribution is 7.86. The Bertz CT molecular complexity index is 314. The van der Waals surface area contributed by atoms with Gasteiger partial charge in [-0.15, -0.1) is 0 Å². The zero-order valence-corrected chi connectivity index (χ0v) is 8.81. The largest absolute Gasteiger partial charge is 0.342 e. The van der Waals surface area contributed by atoms with Gasteiger partial charge in [0.25, 0.3) is 0 Å². The second-order valence-electron chi connectivity index (χ2n) is 3.00. The third-order valence-corrected chi connectivity index (χ3v) is 3.11. The Hall–Kier alpha value is -0.790. The molecule has 0 amide bonds. The number of nitrogens with zero attached hydrogens (tertiary/aromatic N) is 2. The summed E-state index contributed by atoms with van der Waals surface area (Å²) in [5, 5.41) is 0. The van der Waals surface area contributed by atoms with E-state index >= 15 is 0 Å². The molecular weight excluding hydrogens is 206 g/mol. The van der Waals surface area contributed by atoms with Crippen molar-refractivity contribution in [2.75, 3.05) is 19.6 Å². The summed E-state index contributed by atoms with van der Waals surface area (Å²) in [6.07, 6.45) is 3.25. The molecule has 0 aromatic rings. The Morgan fingerprint density at radius 1 is 1.43 bits per heavy atom. The van der Waals surface area contributed by atoms with Crippen LogP contribution in [0.4, 0.5) is 0 Å². The third kappa shape index (κ3) is 2.17. The number of rotatable bonds is 4. The lowest BCUT2D eigenvalue weighted by Crippen LogP contribution is -2.45. The van der Waals surface area contributed by atoms with Crippen molar-refractivity contribution < 1.29 is 13.0 Å². The van der Waals surface area contributed by atoms with E-state index in [0.717, 1.165) is 0 Å². The van der Waals surface area contributed by atoms with E-state index in [4.69, 9.17) is 10.3 Å². The van der Waals surface area contributed by atoms with Crippen LogP contribution in [0.2, 0.25) is 0 Å². The van der Waals surface area contributed by atoms with E-state index in [-0.39, 0.29) is 0 Å². The molecular formula is C7H15N3O3S. The first-order chi connectivity index (χ1) is 6.50. The molecule has 1 heterocycles. The molecule has 0 saturated heterocycles. The van der Waals surface area contributed by atoms with Gasteiger partial charge < -0.3 is 15.5 Å². The van der Waals surface area contributed by atoms with Gasteiger partial charge in [-0.25, -0.2) is 0 Å². The summed E-state index contributed by atoms with van der Waals surface area (Å²) in [6.45, 7) is 3.07. The second kappa shape index (κ2) is 4.16. The van der Waals surface area contributed by atoms with Crippen LogP contribution in [0.25, 0.3) is 0 Å². The van der Waals surface area contributed by atoms with Gasteiger partial charge in [0.05, 0.1) is 0 Å². The number of hydrogen-bond acceptors (Lipinski definition) is 5. The SMILES string of the molecule is CCN1C=CN(CCN)C1S(=O)(=O)O. The highest BCUT2D eigenvalue weighted by atomic mass is 32.2. The summed E-state index contributed by atoms with van der Waals surface area (Å²) in [6, 6.07) is 0. The molecule has 0 spiro atoms. The molecule has 6 nitrogen and oxygen atoms in total. The summed E-state index contributed by atoms with van der Waals surface area (Å²) in [4.78, 5) is 3.03. The molecule has 0 radical (unpaired) electrons. The van der Waals surface area contributed by atoms with Crippen molar-refractivity contribution in [1.29, 1.82) is 0 Å². The second-order valence-corrected chi connectivity index (χ2v) is 4.45. The minimum Gasteiger partial charge on any atom is -0.342 e. The average Bonchev–Trinajstić information content (AvgIpc) is 2.47. The first-order valence-electron chi connectivity index (χ1n) is 4.37. The van der Waals surface area contributed by atoms with Crippen LogP contribution in [-0.2, 0) is 10.1 Å². The third-order valence-electron chi connectivity index (χ3n) is 2.04. The van der Waals surface area contributed by atoms with Crippen LogP contribution in [0.1, 0.15) is 6.92 Å². The van der Waals surface area contributed by atoms with Gasteiger partial charge in [0.2, 0.25) is 5.50 Å². The zero-order chi connectivity index (χ0) is 10.8. The monoisotopic (exact) mass is 221 g/mol. The Morgan fingerprint density at radius 3 is 2.43 bits per heavy atom. The molecule has 1 aliphatic heterocycles. The molecule has 7 heteroatoms. The minimum absolute atomic E-state index is 0.341. The quantitative estimate of drug-likeness (QED) is 0.606. The Balaban J connectivity index is 2.85. The molecule has 1 unspecified atom stereocenters. The van der Waals surface area contributed by atoms with Crippen molar-refractivity contribution in [2.45, 2.75) is 12.4 Å². The fraction of sp³-hybridized carbons (Fsp3) is 0.714. The van der Waals surface area contributed by atoms with Gasteiger partial charge in [0.1, 0.15) is 0 Å². The summed E-state index contributed by atoms with van der Waals surface area (Å²) in [5.41, 5.74) is 4.31. The Labute approximate surface area is 83.7 Å². The Kier molecular flexibility index (Phi) is 3.35. The summed E-state index contributed by atoms with van der Waals surface area (Å²) in [7, 11) is -4.10. The van der Waals surface area contributed by atoms with Gasteiger partial charge in [-0.2, -0.15) is 8.42 Å². The van der Waals surface area contributed by atoms with Crippen molar-refractivity contribution in [1.82, 2.24) is 9.80 Å². The molecule has 1 aliphatic rings. The molecule has 0 aliphatic carbocycles. The van der Waals surface area contributed by atoms with E-state index in [9.17, 15) is 8.42 Å². The number of hydrogen-bond donors (Lipinski definition) is 2. The average molecular weight is 221 g/mol. The van der Waals surface area contributed by atoms with Crippen LogP contribution in [-0.4, -0.2) is 47.9 Å². The lowest BCUT2D eigenvalue weighted by Gasteiger charge is -2.28. The molecule has 0 aromatic heterocycles. The molecule has 82 valence electrons. The molecule has 0 aromatic carbocycles. The normalized spacial score (nSPS) is 22.1. The first kappa shape index (κ1) is 11.3. The summed E-state index contributed by atoms with van der Waals surface area (Å²) >= 11 is 0. The summed E-state index contributed by atoms with van der Waals surface area (Å²) in [5.74, 6) is 0. The maximum atomic E-state index is 11.1. The fourth-order valence-corrected chi connectivity index (χ4v) is 2.53. The Morgan fingerprint density at radius 2 is 2.00 bits per heavy atom. The predicted octanol–water partition coefficient (Wildman–Crippen LogP) is -0.775. The topological polar surface area (TPSA) is 86.9 Å². The van der Waals surface area contributed by atoms with E-state index in [0.29, 0.717) is 19.6 Å².